The highest BCUT2D eigenvalue weighted by Crippen LogP contribution is 2.21. The van der Waals surface area contributed by atoms with E-state index in [4.69, 9.17) is 0 Å². The maximum Gasteiger partial charge on any atom is 0.244 e. The molecule has 0 saturated heterocycles. The predicted octanol–water partition coefficient (Wildman–Crippen LogP) is 3.77. The minimum atomic E-state index is -0.113. The lowest BCUT2D eigenvalue weighted by Gasteiger charge is -2.09. The number of amides is 1. The van der Waals surface area contributed by atoms with Gasteiger partial charge < -0.3 is 9.88 Å². The number of aromatic nitrogens is 1. The normalized spacial score (nSPS) is 10.5. The van der Waals surface area contributed by atoms with Gasteiger partial charge in [0, 0.05) is 22.8 Å². The van der Waals surface area contributed by atoms with Crippen LogP contribution in [0.15, 0.2) is 48.7 Å². The summed E-state index contributed by atoms with van der Waals surface area (Å²) in [6, 6.07) is 15.6. The number of hydrogen-bond acceptors (Lipinski definition) is 2. The minimum Gasteiger partial charge on any atom is -0.337 e. The monoisotopic (exact) mass is 303 g/mol. The van der Waals surface area contributed by atoms with E-state index in [0.717, 1.165) is 22.2 Å². The Kier molecular flexibility index (Phi) is 3.86. The molecule has 3 aromatic rings. The predicted molar refractivity (Wildman–Crippen MR) is 91.2 cm³/mol. The quantitative estimate of drug-likeness (QED) is 0.800. The standard InChI is InChI=1S/C19H17N3O/c1-13-7-8-16(9-14(13)2)21-19(23)12-22-11-15(10-20)17-5-3-4-6-18(17)22/h3-9,11H,12H2,1-2H3,(H,21,23). The van der Waals surface area contributed by atoms with Crippen LogP contribution >= 0.6 is 0 Å². The molecule has 0 aliphatic carbocycles. The maximum atomic E-state index is 12.3. The Morgan fingerprint density at radius 3 is 2.70 bits per heavy atom. The number of nitrogens with one attached hydrogen (secondary N) is 1. The zero-order valence-electron chi connectivity index (χ0n) is 13.1. The van der Waals surface area contributed by atoms with Crippen molar-refractivity contribution in [1.29, 1.82) is 5.26 Å². The Morgan fingerprint density at radius 1 is 1.17 bits per heavy atom. The first-order chi connectivity index (χ1) is 11.1. The van der Waals surface area contributed by atoms with E-state index in [1.807, 2.05) is 60.9 Å². The molecule has 1 amide bonds. The minimum absolute atomic E-state index is 0.113. The van der Waals surface area contributed by atoms with Gasteiger partial charge in [-0.1, -0.05) is 24.3 Å². The molecule has 0 aliphatic rings. The average Bonchev–Trinajstić information content (AvgIpc) is 2.89. The summed E-state index contributed by atoms with van der Waals surface area (Å²) in [5.41, 5.74) is 4.59. The van der Waals surface area contributed by atoms with Crippen LogP contribution in [0.3, 0.4) is 0 Å². The fraction of sp³-hybridized carbons (Fsp3) is 0.158. The fourth-order valence-corrected chi connectivity index (χ4v) is 2.64. The molecule has 0 spiro atoms. The number of aryl methyl sites for hydroxylation is 2. The third kappa shape index (κ3) is 2.95. The van der Waals surface area contributed by atoms with Crippen molar-refractivity contribution in [2.45, 2.75) is 20.4 Å². The number of carbonyl (C=O) groups is 1. The molecular weight excluding hydrogens is 286 g/mol. The van der Waals surface area contributed by atoms with Crippen LogP contribution in [0.25, 0.3) is 10.9 Å². The van der Waals surface area contributed by atoms with Gasteiger partial charge in [0.15, 0.2) is 0 Å². The van der Waals surface area contributed by atoms with Gasteiger partial charge in [-0.15, -0.1) is 0 Å². The molecule has 0 atom stereocenters. The van der Waals surface area contributed by atoms with Gasteiger partial charge in [-0.25, -0.2) is 0 Å². The Bertz CT molecular complexity index is 931. The molecule has 1 N–H and O–H groups in total. The summed E-state index contributed by atoms with van der Waals surface area (Å²) < 4.78 is 1.81. The van der Waals surface area contributed by atoms with Gasteiger partial charge in [-0.05, 0) is 43.2 Å². The van der Waals surface area contributed by atoms with E-state index >= 15 is 0 Å². The number of nitrogens with zero attached hydrogens (tertiary/aromatic N) is 2. The second kappa shape index (κ2) is 5.98. The summed E-state index contributed by atoms with van der Waals surface area (Å²) in [7, 11) is 0. The van der Waals surface area contributed by atoms with Crippen LogP contribution in [0.4, 0.5) is 5.69 Å². The van der Waals surface area contributed by atoms with Gasteiger partial charge in [0.1, 0.15) is 12.6 Å². The summed E-state index contributed by atoms with van der Waals surface area (Å²) in [5.74, 6) is -0.113. The van der Waals surface area contributed by atoms with Crippen LogP contribution in [0.5, 0.6) is 0 Å². The summed E-state index contributed by atoms with van der Waals surface area (Å²) in [4.78, 5) is 12.3. The molecule has 0 fully saturated rings. The van der Waals surface area contributed by atoms with E-state index < -0.39 is 0 Å². The molecular formula is C19H17N3O. The second-order valence-electron chi connectivity index (χ2n) is 5.65. The molecule has 0 bridgehead atoms. The maximum absolute atomic E-state index is 12.3. The zero-order chi connectivity index (χ0) is 16.4. The molecule has 0 unspecified atom stereocenters. The third-order valence-corrected chi connectivity index (χ3v) is 4.01. The van der Waals surface area contributed by atoms with Gasteiger partial charge in [0.05, 0.1) is 5.56 Å². The fourth-order valence-electron chi connectivity index (χ4n) is 2.64. The SMILES string of the molecule is Cc1ccc(NC(=O)Cn2cc(C#N)c3ccccc32)cc1C. The van der Waals surface area contributed by atoms with Gasteiger partial charge in [-0.2, -0.15) is 5.26 Å². The average molecular weight is 303 g/mol. The topological polar surface area (TPSA) is 57.8 Å². The van der Waals surface area contributed by atoms with E-state index in [1.165, 1.54) is 5.56 Å². The number of para-hydroxylation sites is 1. The zero-order valence-corrected chi connectivity index (χ0v) is 13.1. The smallest absolute Gasteiger partial charge is 0.244 e. The molecule has 0 radical (unpaired) electrons. The third-order valence-electron chi connectivity index (χ3n) is 4.01. The molecule has 4 nitrogen and oxygen atoms in total. The van der Waals surface area contributed by atoms with Gasteiger partial charge in [-0.3, -0.25) is 4.79 Å². The largest absolute Gasteiger partial charge is 0.337 e. The lowest BCUT2D eigenvalue weighted by Crippen LogP contribution is -2.18. The highest BCUT2D eigenvalue weighted by atomic mass is 16.1. The van der Waals surface area contributed by atoms with E-state index in [9.17, 15) is 10.1 Å². The number of nitriles is 1. The van der Waals surface area contributed by atoms with Crippen molar-refractivity contribution in [3.63, 3.8) is 0 Å². The van der Waals surface area contributed by atoms with E-state index in [-0.39, 0.29) is 12.5 Å². The van der Waals surface area contributed by atoms with E-state index in [0.29, 0.717) is 5.56 Å². The van der Waals surface area contributed by atoms with Gasteiger partial charge in [0.25, 0.3) is 0 Å². The van der Waals surface area contributed by atoms with Crippen LogP contribution in [-0.2, 0) is 11.3 Å². The van der Waals surface area contributed by atoms with Crippen LogP contribution in [0.1, 0.15) is 16.7 Å². The van der Waals surface area contributed by atoms with Crippen molar-refractivity contribution in [1.82, 2.24) is 4.57 Å². The molecule has 1 aromatic heterocycles. The van der Waals surface area contributed by atoms with Crippen molar-refractivity contribution in [3.05, 3.63) is 65.4 Å². The molecule has 0 saturated carbocycles. The number of benzene rings is 2. The first-order valence-corrected chi connectivity index (χ1v) is 7.43. The van der Waals surface area contributed by atoms with Crippen LogP contribution in [0, 0.1) is 25.2 Å². The number of hydrogen-bond donors (Lipinski definition) is 1. The molecule has 114 valence electrons. The lowest BCUT2D eigenvalue weighted by molar-refractivity contribution is -0.116. The van der Waals surface area contributed by atoms with Crippen molar-refractivity contribution >= 4 is 22.5 Å². The first-order valence-electron chi connectivity index (χ1n) is 7.43. The Hall–Kier alpha value is -3.06. The summed E-state index contributed by atoms with van der Waals surface area (Å²) in [6.45, 7) is 4.23. The molecule has 3 rings (SSSR count). The highest BCUT2D eigenvalue weighted by Gasteiger charge is 2.11. The summed E-state index contributed by atoms with van der Waals surface area (Å²) in [6.07, 6.45) is 1.73. The molecule has 4 heteroatoms. The molecule has 23 heavy (non-hydrogen) atoms. The van der Waals surface area contributed by atoms with Crippen LogP contribution in [-0.4, -0.2) is 10.5 Å². The van der Waals surface area contributed by atoms with Crippen molar-refractivity contribution in [2.24, 2.45) is 0 Å². The van der Waals surface area contributed by atoms with Crippen LogP contribution in [0.2, 0.25) is 0 Å². The Balaban J connectivity index is 1.83. The molecule has 1 heterocycles. The Labute approximate surface area is 135 Å². The lowest BCUT2D eigenvalue weighted by atomic mass is 10.1. The van der Waals surface area contributed by atoms with E-state index in [1.54, 1.807) is 6.20 Å². The van der Waals surface area contributed by atoms with Gasteiger partial charge in [0.2, 0.25) is 5.91 Å². The van der Waals surface area contributed by atoms with Crippen molar-refractivity contribution < 1.29 is 4.79 Å². The Morgan fingerprint density at radius 2 is 1.96 bits per heavy atom. The number of carbonyl (C=O) groups excluding carboxylic acids is 1. The second-order valence-corrected chi connectivity index (χ2v) is 5.65. The summed E-state index contributed by atoms with van der Waals surface area (Å²) in [5, 5.41) is 13.0. The highest BCUT2D eigenvalue weighted by molar-refractivity contribution is 5.93. The van der Waals surface area contributed by atoms with Crippen molar-refractivity contribution in [3.8, 4) is 6.07 Å². The summed E-state index contributed by atoms with van der Waals surface area (Å²) >= 11 is 0. The molecule has 0 aliphatic heterocycles. The van der Waals surface area contributed by atoms with Crippen molar-refractivity contribution in [2.75, 3.05) is 5.32 Å². The van der Waals surface area contributed by atoms with Crippen LogP contribution < -0.4 is 5.32 Å². The van der Waals surface area contributed by atoms with E-state index in [2.05, 4.69) is 11.4 Å². The number of fused-ring (bicyclic) bond motifs is 1. The molecule has 2 aromatic carbocycles. The first kappa shape index (κ1) is 14.9. The van der Waals surface area contributed by atoms with Gasteiger partial charge >= 0.3 is 0 Å². The number of anilines is 1. The number of rotatable bonds is 3.